The summed E-state index contributed by atoms with van der Waals surface area (Å²) in [5.41, 5.74) is 0. The molecular formula is C13H23NO8. The summed E-state index contributed by atoms with van der Waals surface area (Å²) in [6, 6.07) is 0. The highest BCUT2D eigenvalue weighted by Crippen LogP contribution is 2.22. The van der Waals surface area contributed by atoms with Gasteiger partial charge in [-0.2, -0.15) is 0 Å². The van der Waals surface area contributed by atoms with E-state index in [0.717, 1.165) is 6.08 Å². The summed E-state index contributed by atoms with van der Waals surface area (Å²) in [6.45, 7) is 4.62. The number of hydrogen-bond donors (Lipinski definition) is 5. The molecule has 1 aliphatic heterocycles. The number of nitrogens with one attached hydrogen (secondary N) is 1. The molecule has 1 aliphatic rings. The minimum atomic E-state index is -1.52. The van der Waals surface area contributed by atoms with Crippen molar-refractivity contribution in [3.8, 4) is 0 Å². The van der Waals surface area contributed by atoms with Gasteiger partial charge < -0.3 is 40.0 Å². The lowest BCUT2D eigenvalue weighted by Gasteiger charge is -2.39. The molecule has 5 N–H and O–H groups in total. The third-order valence-corrected chi connectivity index (χ3v) is 3.12. The molecule has 0 saturated carbocycles. The maximum atomic E-state index is 11.3. The van der Waals surface area contributed by atoms with E-state index in [-0.39, 0.29) is 6.61 Å². The summed E-state index contributed by atoms with van der Waals surface area (Å²) >= 11 is 0. The van der Waals surface area contributed by atoms with Crippen LogP contribution in [0.1, 0.15) is 6.92 Å². The molecule has 9 nitrogen and oxygen atoms in total. The number of aliphatic hydroxyl groups is 4. The largest absolute Gasteiger partial charge is 0.394 e. The van der Waals surface area contributed by atoms with Crippen LogP contribution in [0.25, 0.3) is 0 Å². The van der Waals surface area contributed by atoms with Crippen LogP contribution in [-0.4, -0.2) is 83.1 Å². The fourth-order valence-electron chi connectivity index (χ4n) is 1.94. The molecule has 0 spiro atoms. The van der Waals surface area contributed by atoms with Gasteiger partial charge in [-0.15, -0.1) is 0 Å². The van der Waals surface area contributed by atoms with Crippen LogP contribution in [0.2, 0.25) is 0 Å². The molecule has 128 valence electrons. The van der Waals surface area contributed by atoms with E-state index in [2.05, 4.69) is 11.9 Å². The summed E-state index contributed by atoms with van der Waals surface area (Å²) in [4.78, 5) is 11.3. The van der Waals surface area contributed by atoms with E-state index in [4.69, 9.17) is 19.3 Å². The van der Waals surface area contributed by atoms with E-state index in [1.54, 1.807) is 6.92 Å². The first kappa shape index (κ1) is 19.0. The first-order valence-electron chi connectivity index (χ1n) is 6.91. The van der Waals surface area contributed by atoms with Crippen molar-refractivity contribution in [2.75, 3.05) is 19.8 Å². The molecule has 1 heterocycles. The number of carbonyl (C=O) groups excluding carboxylic acids is 1. The fourth-order valence-corrected chi connectivity index (χ4v) is 1.94. The molecule has 0 radical (unpaired) electrons. The molecule has 1 saturated heterocycles. The summed E-state index contributed by atoms with van der Waals surface area (Å²) in [5.74, 6) is -0.462. The first-order chi connectivity index (χ1) is 10.4. The number of aliphatic hydroxyl groups excluding tert-OH is 4. The van der Waals surface area contributed by atoms with Crippen LogP contribution in [0.5, 0.6) is 0 Å². The Balaban J connectivity index is 2.59. The Morgan fingerprint density at radius 2 is 2.05 bits per heavy atom. The Morgan fingerprint density at radius 3 is 2.59 bits per heavy atom. The van der Waals surface area contributed by atoms with Crippen LogP contribution >= 0.6 is 0 Å². The monoisotopic (exact) mass is 321 g/mol. The molecule has 6 atom stereocenters. The van der Waals surface area contributed by atoms with Gasteiger partial charge in [0.05, 0.1) is 13.2 Å². The summed E-state index contributed by atoms with van der Waals surface area (Å²) in [6.07, 6.45) is -6.55. The average Bonchev–Trinajstić information content (AvgIpc) is 2.51. The van der Waals surface area contributed by atoms with Crippen LogP contribution in [0.4, 0.5) is 0 Å². The van der Waals surface area contributed by atoms with Crippen molar-refractivity contribution in [2.24, 2.45) is 0 Å². The quantitative estimate of drug-likeness (QED) is 0.244. The van der Waals surface area contributed by atoms with E-state index >= 15 is 0 Å². The predicted octanol–water partition coefficient (Wildman–Crippen LogP) is -2.53. The van der Waals surface area contributed by atoms with Gasteiger partial charge in [0.25, 0.3) is 0 Å². The smallest absolute Gasteiger partial charge is 0.245 e. The first-order valence-corrected chi connectivity index (χ1v) is 6.91. The number of hydrogen-bond acceptors (Lipinski definition) is 8. The summed E-state index contributed by atoms with van der Waals surface area (Å²) < 4.78 is 15.7. The van der Waals surface area contributed by atoms with Crippen molar-refractivity contribution in [3.63, 3.8) is 0 Å². The second-order valence-corrected chi connectivity index (χ2v) is 4.69. The maximum Gasteiger partial charge on any atom is 0.245 e. The van der Waals surface area contributed by atoms with E-state index in [0.29, 0.717) is 6.61 Å². The zero-order valence-electron chi connectivity index (χ0n) is 12.3. The third kappa shape index (κ3) is 4.99. The fraction of sp³-hybridized carbons (Fsp3) is 0.769. The van der Waals surface area contributed by atoms with Crippen molar-refractivity contribution in [3.05, 3.63) is 12.7 Å². The van der Waals surface area contributed by atoms with Gasteiger partial charge in [0.15, 0.2) is 12.5 Å². The SMILES string of the molecule is C=CC(=O)NC(COC1O[C@H](CO)[C@@H](O)[C@H](O)[C@H]1O)OCC. The lowest BCUT2D eigenvalue weighted by molar-refractivity contribution is -0.305. The van der Waals surface area contributed by atoms with Gasteiger partial charge in [0.1, 0.15) is 24.4 Å². The van der Waals surface area contributed by atoms with Crippen LogP contribution in [0, 0.1) is 0 Å². The van der Waals surface area contributed by atoms with Gasteiger partial charge >= 0.3 is 0 Å². The normalized spacial score (nSPS) is 33.2. The molecule has 1 amide bonds. The van der Waals surface area contributed by atoms with E-state index in [1.165, 1.54) is 0 Å². The lowest BCUT2D eigenvalue weighted by Crippen LogP contribution is -2.59. The molecule has 1 rings (SSSR count). The standard InChI is InChI=1S/C13H23NO8/c1-3-8(16)14-9(20-4-2)6-21-13-12(19)11(18)10(17)7(5-15)22-13/h3,7,9-13,15,17-19H,1,4-6H2,2H3,(H,14,16)/t7-,9?,10-,11+,12-,13?/m1/s1. The molecule has 0 bridgehead atoms. The van der Waals surface area contributed by atoms with Crippen molar-refractivity contribution in [2.45, 2.75) is 43.9 Å². The second kappa shape index (κ2) is 9.16. The minimum absolute atomic E-state index is 0.171. The van der Waals surface area contributed by atoms with E-state index < -0.39 is 49.4 Å². The van der Waals surface area contributed by atoms with Gasteiger partial charge in [0.2, 0.25) is 5.91 Å². The third-order valence-electron chi connectivity index (χ3n) is 3.12. The van der Waals surface area contributed by atoms with Gasteiger partial charge in [-0.05, 0) is 13.0 Å². The molecular weight excluding hydrogens is 298 g/mol. The highest BCUT2D eigenvalue weighted by molar-refractivity contribution is 5.86. The molecule has 0 aromatic heterocycles. The molecule has 1 fully saturated rings. The van der Waals surface area contributed by atoms with Crippen LogP contribution in [-0.2, 0) is 19.0 Å². The molecule has 0 aromatic rings. The molecule has 22 heavy (non-hydrogen) atoms. The highest BCUT2D eigenvalue weighted by atomic mass is 16.7. The molecule has 0 aliphatic carbocycles. The number of amides is 1. The number of rotatable bonds is 8. The van der Waals surface area contributed by atoms with Crippen molar-refractivity contribution in [1.82, 2.24) is 5.32 Å². The molecule has 9 heteroatoms. The van der Waals surface area contributed by atoms with Crippen molar-refractivity contribution >= 4 is 5.91 Å². The van der Waals surface area contributed by atoms with E-state index in [9.17, 15) is 20.1 Å². The summed E-state index contributed by atoms with van der Waals surface area (Å²) in [7, 11) is 0. The van der Waals surface area contributed by atoms with Crippen molar-refractivity contribution in [1.29, 1.82) is 0 Å². The van der Waals surface area contributed by atoms with E-state index in [1.807, 2.05) is 0 Å². The van der Waals surface area contributed by atoms with Crippen LogP contribution in [0.15, 0.2) is 12.7 Å². The topological polar surface area (TPSA) is 138 Å². The lowest BCUT2D eigenvalue weighted by atomic mass is 9.99. The van der Waals surface area contributed by atoms with Crippen molar-refractivity contribution < 1.29 is 39.4 Å². The molecule has 0 aromatic carbocycles. The zero-order chi connectivity index (χ0) is 16.7. The minimum Gasteiger partial charge on any atom is -0.394 e. The Bertz CT molecular complexity index is 364. The Hall–Kier alpha value is -1.07. The van der Waals surface area contributed by atoms with Gasteiger partial charge in [-0.1, -0.05) is 6.58 Å². The number of carbonyl (C=O) groups is 1. The Labute approximate surface area is 128 Å². The summed E-state index contributed by atoms with van der Waals surface area (Å²) in [5, 5.41) is 40.6. The zero-order valence-corrected chi connectivity index (χ0v) is 12.3. The van der Waals surface area contributed by atoms with Crippen LogP contribution < -0.4 is 5.32 Å². The predicted molar refractivity (Wildman–Crippen MR) is 73.5 cm³/mol. The van der Waals surface area contributed by atoms with Gasteiger partial charge in [-0.3, -0.25) is 4.79 Å². The second-order valence-electron chi connectivity index (χ2n) is 4.69. The highest BCUT2D eigenvalue weighted by Gasteiger charge is 2.44. The van der Waals surface area contributed by atoms with Crippen LogP contribution in [0.3, 0.4) is 0 Å². The van der Waals surface area contributed by atoms with Gasteiger partial charge in [-0.25, -0.2) is 0 Å². The molecule has 2 unspecified atom stereocenters. The Morgan fingerprint density at radius 1 is 1.36 bits per heavy atom. The van der Waals surface area contributed by atoms with Gasteiger partial charge in [0, 0.05) is 6.61 Å². The average molecular weight is 321 g/mol. The Kier molecular flexibility index (Phi) is 7.90. The number of ether oxygens (including phenoxy) is 3. The maximum absolute atomic E-state index is 11.3.